The molecule has 0 aliphatic carbocycles. The van der Waals surface area contributed by atoms with Crippen LogP contribution in [0.4, 0.5) is 5.69 Å². The first-order chi connectivity index (χ1) is 15.0. The quantitative estimate of drug-likeness (QED) is 0.286. The third kappa shape index (κ3) is 5.85. The number of rotatable bonds is 9. The minimum Gasteiger partial charge on any atom is -0.339 e. The lowest BCUT2D eigenvalue weighted by Gasteiger charge is -2.27. The second-order valence-corrected chi connectivity index (χ2v) is 7.10. The van der Waals surface area contributed by atoms with Crippen molar-refractivity contribution in [1.29, 1.82) is 0 Å². The topological polar surface area (TPSA) is 102 Å². The van der Waals surface area contributed by atoms with Gasteiger partial charge in [-0.1, -0.05) is 54.5 Å². The average Bonchev–Trinajstić information content (AvgIpc) is 3.27. The van der Waals surface area contributed by atoms with E-state index >= 15 is 0 Å². The summed E-state index contributed by atoms with van der Waals surface area (Å²) in [6.07, 6.45) is 4.57. The van der Waals surface area contributed by atoms with Crippen LogP contribution in [-0.2, 0) is 11.2 Å². The molecule has 1 heterocycles. The Morgan fingerprint density at radius 3 is 2.71 bits per heavy atom. The zero-order chi connectivity index (χ0) is 22.2. The molecule has 0 spiro atoms. The fraction of sp³-hybridized carbons (Fsp3) is 0.261. The molecule has 3 aromatic rings. The van der Waals surface area contributed by atoms with Gasteiger partial charge in [0, 0.05) is 42.8 Å². The van der Waals surface area contributed by atoms with Gasteiger partial charge >= 0.3 is 0 Å². The Balaban J connectivity index is 1.68. The lowest BCUT2D eigenvalue weighted by atomic mass is 10.1. The van der Waals surface area contributed by atoms with Crippen molar-refractivity contribution in [3.63, 3.8) is 0 Å². The molecule has 2 aromatic carbocycles. The highest BCUT2D eigenvalue weighted by Gasteiger charge is 2.19. The Bertz CT molecular complexity index is 1060. The van der Waals surface area contributed by atoms with E-state index in [2.05, 4.69) is 10.1 Å². The van der Waals surface area contributed by atoms with Crippen LogP contribution in [0.5, 0.6) is 0 Å². The van der Waals surface area contributed by atoms with E-state index < -0.39 is 4.92 Å². The highest BCUT2D eigenvalue weighted by Crippen LogP contribution is 2.21. The van der Waals surface area contributed by atoms with Crippen molar-refractivity contribution < 1.29 is 14.2 Å². The van der Waals surface area contributed by atoms with E-state index in [0.29, 0.717) is 24.4 Å². The summed E-state index contributed by atoms with van der Waals surface area (Å²) >= 11 is 0. The molecule has 0 fully saturated rings. The Morgan fingerprint density at radius 2 is 2.00 bits per heavy atom. The lowest BCUT2D eigenvalue weighted by molar-refractivity contribution is -0.384. The Kier molecular flexibility index (Phi) is 7.26. The van der Waals surface area contributed by atoms with E-state index in [1.807, 2.05) is 44.2 Å². The summed E-state index contributed by atoms with van der Waals surface area (Å²) in [7, 11) is 0. The number of hydrogen-bond donors (Lipinski definition) is 0. The van der Waals surface area contributed by atoms with Crippen molar-refractivity contribution in [2.45, 2.75) is 32.7 Å². The molecule has 3 rings (SSSR count). The van der Waals surface area contributed by atoms with Gasteiger partial charge < -0.3 is 9.42 Å². The predicted molar refractivity (Wildman–Crippen MR) is 117 cm³/mol. The van der Waals surface area contributed by atoms with Crippen LogP contribution in [0, 0.1) is 10.1 Å². The van der Waals surface area contributed by atoms with Crippen molar-refractivity contribution >= 4 is 17.7 Å². The molecule has 0 N–H and O–H groups in total. The van der Waals surface area contributed by atoms with Crippen LogP contribution in [-0.4, -0.2) is 38.5 Å². The number of non-ortho nitro benzene ring substituents is 1. The number of aromatic nitrogens is 2. The number of hydrogen-bond acceptors (Lipinski definition) is 6. The van der Waals surface area contributed by atoms with Gasteiger partial charge in [-0.3, -0.25) is 14.9 Å². The van der Waals surface area contributed by atoms with E-state index in [4.69, 9.17) is 4.52 Å². The van der Waals surface area contributed by atoms with Gasteiger partial charge in [0.1, 0.15) is 0 Å². The van der Waals surface area contributed by atoms with Crippen LogP contribution < -0.4 is 0 Å². The third-order valence-corrected chi connectivity index (χ3v) is 4.97. The monoisotopic (exact) mass is 420 g/mol. The first-order valence-corrected chi connectivity index (χ1v) is 10.1. The Morgan fingerprint density at radius 1 is 1.23 bits per heavy atom. The largest absolute Gasteiger partial charge is 0.339 e. The van der Waals surface area contributed by atoms with Crippen LogP contribution in [0.25, 0.3) is 17.5 Å². The summed E-state index contributed by atoms with van der Waals surface area (Å²) in [6, 6.07) is 15.8. The minimum atomic E-state index is -0.469. The van der Waals surface area contributed by atoms with Crippen molar-refractivity contribution in [1.82, 2.24) is 15.0 Å². The van der Waals surface area contributed by atoms with Crippen LogP contribution >= 0.6 is 0 Å². The molecule has 160 valence electrons. The SMILES string of the molecule is CCC(C)N(CCc1nc(-c2cccc([N+](=O)[O-])c2)no1)C(=O)/C=C/c1ccccc1. The smallest absolute Gasteiger partial charge is 0.270 e. The molecule has 8 nitrogen and oxygen atoms in total. The Hall–Kier alpha value is -3.81. The van der Waals surface area contributed by atoms with Crippen molar-refractivity contribution in [3.05, 3.63) is 82.2 Å². The molecule has 1 atom stereocenters. The molecule has 0 aliphatic rings. The summed E-state index contributed by atoms with van der Waals surface area (Å²) in [5, 5.41) is 14.9. The molecule has 8 heteroatoms. The van der Waals surface area contributed by atoms with Gasteiger partial charge in [-0.2, -0.15) is 4.98 Å². The molecular weight excluding hydrogens is 396 g/mol. The van der Waals surface area contributed by atoms with Crippen LogP contribution in [0.3, 0.4) is 0 Å². The van der Waals surface area contributed by atoms with Crippen LogP contribution in [0.2, 0.25) is 0 Å². The summed E-state index contributed by atoms with van der Waals surface area (Å²) in [5.41, 5.74) is 1.42. The maximum atomic E-state index is 12.8. The fourth-order valence-electron chi connectivity index (χ4n) is 3.04. The molecule has 0 saturated carbocycles. The first kappa shape index (κ1) is 21.9. The minimum absolute atomic E-state index is 0.0393. The summed E-state index contributed by atoms with van der Waals surface area (Å²) in [6.45, 7) is 4.44. The van der Waals surface area contributed by atoms with Crippen molar-refractivity contribution in [2.75, 3.05) is 6.54 Å². The molecule has 1 aromatic heterocycles. The molecule has 0 aliphatic heterocycles. The Labute approximate surface area is 180 Å². The van der Waals surface area contributed by atoms with Gasteiger partial charge in [0.25, 0.3) is 5.69 Å². The van der Waals surface area contributed by atoms with Crippen LogP contribution in [0.1, 0.15) is 31.7 Å². The molecule has 0 radical (unpaired) electrons. The normalized spacial score (nSPS) is 12.1. The average molecular weight is 420 g/mol. The molecule has 1 amide bonds. The lowest BCUT2D eigenvalue weighted by Crippen LogP contribution is -2.38. The number of carbonyl (C=O) groups is 1. The van der Waals surface area contributed by atoms with Gasteiger partial charge in [-0.05, 0) is 25.0 Å². The molecule has 1 unspecified atom stereocenters. The maximum absolute atomic E-state index is 12.8. The van der Waals surface area contributed by atoms with Gasteiger partial charge in [0.2, 0.25) is 17.6 Å². The predicted octanol–water partition coefficient (Wildman–Crippen LogP) is 4.53. The maximum Gasteiger partial charge on any atom is 0.270 e. The molecule has 31 heavy (non-hydrogen) atoms. The van der Waals surface area contributed by atoms with Gasteiger partial charge in [0.15, 0.2) is 0 Å². The number of nitrogens with zero attached hydrogens (tertiary/aromatic N) is 4. The number of nitro groups is 1. The van der Waals surface area contributed by atoms with Crippen molar-refractivity contribution in [2.24, 2.45) is 0 Å². The molecule has 0 bridgehead atoms. The first-order valence-electron chi connectivity index (χ1n) is 10.1. The summed E-state index contributed by atoms with van der Waals surface area (Å²) in [5.74, 6) is 0.565. The van der Waals surface area contributed by atoms with Gasteiger partial charge in [-0.15, -0.1) is 0 Å². The highest BCUT2D eigenvalue weighted by molar-refractivity contribution is 5.92. The van der Waals surface area contributed by atoms with Crippen LogP contribution in [0.15, 0.2) is 65.2 Å². The standard InChI is InChI=1S/C23H24N4O4/c1-3-17(2)26(22(28)13-12-18-8-5-4-6-9-18)15-14-21-24-23(25-31-21)19-10-7-11-20(16-19)27(29)30/h4-13,16-17H,3,14-15H2,1-2H3/b13-12+. The third-order valence-electron chi connectivity index (χ3n) is 4.97. The summed E-state index contributed by atoms with van der Waals surface area (Å²) < 4.78 is 5.31. The second-order valence-electron chi connectivity index (χ2n) is 7.10. The second kappa shape index (κ2) is 10.3. The van der Waals surface area contributed by atoms with E-state index in [-0.39, 0.29) is 23.5 Å². The molecular formula is C23H24N4O4. The highest BCUT2D eigenvalue weighted by atomic mass is 16.6. The number of amides is 1. The van der Waals surface area contributed by atoms with E-state index in [0.717, 1.165) is 12.0 Å². The van der Waals surface area contributed by atoms with Gasteiger partial charge in [-0.25, -0.2) is 0 Å². The number of carbonyl (C=O) groups excluding carboxylic acids is 1. The van der Waals surface area contributed by atoms with E-state index in [1.165, 1.54) is 12.1 Å². The fourth-order valence-corrected chi connectivity index (χ4v) is 3.04. The van der Waals surface area contributed by atoms with E-state index in [9.17, 15) is 14.9 Å². The van der Waals surface area contributed by atoms with Gasteiger partial charge in [0.05, 0.1) is 4.92 Å². The number of nitro benzene ring substituents is 1. The number of benzene rings is 2. The zero-order valence-corrected chi connectivity index (χ0v) is 17.5. The zero-order valence-electron chi connectivity index (χ0n) is 17.5. The molecule has 0 saturated heterocycles. The van der Waals surface area contributed by atoms with E-state index in [1.54, 1.807) is 29.2 Å². The summed E-state index contributed by atoms with van der Waals surface area (Å²) in [4.78, 5) is 29.4. The van der Waals surface area contributed by atoms with Crippen molar-refractivity contribution in [3.8, 4) is 11.4 Å².